The zero-order valence-electron chi connectivity index (χ0n) is 53.0. The van der Waals surface area contributed by atoms with Crippen molar-refractivity contribution in [2.75, 3.05) is 0 Å². The first-order valence-corrected chi connectivity index (χ1v) is 38.3. The Morgan fingerprint density at radius 2 is 0.368 bits per heavy atom. The molecule has 0 fully saturated rings. The molecule has 3 aliphatic carbocycles. The zero-order chi connectivity index (χ0) is 67.1. The molecule has 15 rings (SSSR count). The van der Waals surface area contributed by atoms with Gasteiger partial charge in [0.15, 0.2) is 0 Å². The van der Waals surface area contributed by atoms with Crippen LogP contribution in [-0.2, 0) is 38.0 Å². The van der Waals surface area contributed by atoms with E-state index in [1.165, 1.54) is 76.8 Å². The maximum absolute atomic E-state index is 5.22. The molecule has 0 N–H and O–H groups in total. The topological polar surface area (TPSA) is 74.2 Å². The molecule has 3 aliphatic rings. The van der Waals surface area contributed by atoms with Gasteiger partial charge in [-0.2, -0.15) is 0 Å². The average Bonchev–Trinajstić information content (AvgIpc) is 1.61. The summed E-state index contributed by atoms with van der Waals surface area (Å²) in [5, 5.41) is 7.40. The molecule has 0 aliphatic heterocycles. The summed E-state index contributed by atoms with van der Waals surface area (Å²) in [6, 6.07) is 84.1. The summed E-state index contributed by atoms with van der Waals surface area (Å²) < 4.78 is 0. The summed E-state index contributed by atoms with van der Waals surface area (Å²) in [7, 11) is 28.2. The molecule has 0 saturated carbocycles. The first kappa shape index (κ1) is 70.5. The number of hydrogen-bond donors (Lipinski definition) is 0. The minimum absolute atomic E-state index is 0.569. The Bertz CT molecular complexity index is 4400. The standard InChI is InChI=1S/2C28H24N2.C24H16N2.6ClH.3Ni/c2*1-17-9-5-10-18(2)25(17)29-27-22-15-7-13-21-14-8-16-23(24(21)22)28(27)30-26-19(3)11-6-12-20(26)4;1-3-11-18(12-4-1)25-23-20-15-7-9-17-10-8-16-21(22(17)20)24(23)26-19-13-5-2-6-14-19;;;;;;;;;/h2*5-16H,1-4H3;1-16H;6*1H;;;/q;;;;;;;;;3*+2/p-6. The predicted octanol–water partition coefficient (Wildman–Crippen LogP) is 24.9. The summed E-state index contributed by atoms with van der Waals surface area (Å²) in [6.45, 7) is 17.0. The molecule has 486 valence electrons. The second kappa shape index (κ2) is 33.6. The summed E-state index contributed by atoms with van der Waals surface area (Å²) >= 11 is 1.71. The third-order valence-corrected chi connectivity index (χ3v) is 16.6. The van der Waals surface area contributed by atoms with E-state index < -0.39 is 0 Å². The third-order valence-electron chi connectivity index (χ3n) is 16.6. The van der Waals surface area contributed by atoms with Gasteiger partial charge in [-0.25, -0.2) is 30.0 Å². The number of aliphatic imine (C=N–C) groups is 6. The predicted molar refractivity (Wildman–Crippen MR) is 401 cm³/mol. The van der Waals surface area contributed by atoms with Gasteiger partial charge >= 0.3 is 99.1 Å². The van der Waals surface area contributed by atoms with Crippen molar-refractivity contribution in [3.05, 3.63) is 321 Å². The molecule has 0 atom stereocenters. The van der Waals surface area contributed by atoms with Crippen LogP contribution in [0.25, 0.3) is 32.3 Å². The SMILES string of the molecule is Cc1cccc(C)c1N=C1C(=Nc2c(C)cccc2C)c2cccc3cccc1c23.Cc1cccc(C)c1N=C1C(=Nc2c(C)cccc2C)c2cccc3cccc1c23.[Cl][Ni][Cl].[Cl][Ni][Cl].[Cl][Ni][Cl].c1ccc(N=C2C(=Nc3ccccc3)c3cccc4cccc2c34)cc1. The Morgan fingerprint density at radius 1 is 0.200 bits per heavy atom. The van der Waals surface area contributed by atoms with E-state index in [4.69, 9.17) is 91.1 Å². The average molecular weight is 1500 g/mol. The van der Waals surface area contributed by atoms with Crippen LogP contribution >= 0.6 is 61.2 Å². The van der Waals surface area contributed by atoms with Crippen LogP contribution in [0, 0.1) is 55.4 Å². The summed E-state index contributed by atoms with van der Waals surface area (Å²) in [4.78, 5) is 30.8. The Labute approximate surface area is 600 Å². The van der Waals surface area contributed by atoms with Gasteiger partial charge in [0, 0.05) is 49.5 Å². The van der Waals surface area contributed by atoms with Gasteiger partial charge in [0.05, 0.1) is 68.4 Å². The molecule has 0 heterocycles. The Balaban J connectivity index is 0.000000146. The fraction of sp³-hybridized carbons (Fsp3) is 0.100. The number of rotatable bonds is 6. The van der Waals surface area contributed by atoms with Crippen molar-refractivity contribution in [1.82, 2.24) is 0 Å². The van der Waals surface area contributed by atoms with Crippen molar-refractivity contribution >= 4 is 162 Å². The first-order chi connectivity index (χ1) is 46.2. The number of para-hydroxylation sites is 6. The molecular formula is C80H64Cl6N6Ni3. The largest absolute Gasteiger partial charge is 0.246 e. The van der Waals surface area contributed by atoms with Crippen molar-refractivity contribution in [3.8, 4) is 0 Å². The van der Waals surface area contributed by atoms with E-state index in [1.54, 1.807) is 0 Å². The van der Waals surface area contributed by atoms with Gasteiger partial charge in [-0.1, -0.05) is 218 Å². The van der Waals surface area contributed by atoms with Crippen molar-refractivity contribution in [1.29, 1.82) is 0 Å². The van der Waals surface area contributed by atoms with Gasteiger partial charge in [-0.05, 0) is 140 Å². The molecule has 0 aromatic heterocycles. The molecular weight excluding hydrogens is 1430 g/mol. The van der Waals surface area contributed by atoms with E-state index in [-0.39, 0.29) is 0 Å². The molecule has 12 aromatic carbocycles. The van der Waals surface area contributed by atoms with Crippen LogP contribution in [0.2, 0.25) is 0 Å². The van der Waals surface area contributed by atoms with Crippen molar-refractivity contribution in [2.45, 2.75) is 55.4 Å². The van der Waals surface area contributed by atoms with Crippen LogP contribution in [-0.4, -0.2) is 34.3 Å². The number of halogens is 6. The van der Waals surface area contributed by atoms with Crippen molar-refractivity contribution in [2.24, 2.45) is 30.0 Å². The zero-order valence-corrected chi connectivity index (χ0v) is 60.5. The summed E-state index contributed by atoms with van der Waals surface area (Å²) in [5.41, 5.74) is 28.1. The Hall–Kier alpha value is -7.34. The number of aryl methyl sites for hydroxylation is 8. The molecule has 0 radical (unpaired) electrons. The Kier molecular flexibility index (Phi) is 24.9. The molecule has 0 saturated heterocycles. The minimum atomic E-state index is 0.569. The third kappa shape index (κ3) is 16.1. The minimum Gasteiger partial charge on any atom is -0.246 e. The van der Waals surface area contributed by atoms with Crippen LogP contribution < -0.4 is 0 Å². The molecule has 0 unspecified atom stereocenters. The van der Waals surface area contributed by atoms with Crippen LogP contribution in [0.15, 0.2) is 273 Å². The second-order valence-corrected chi connectivity index (χ2v) is 27.6. The Morgan fingerprint density at radius 3 is 0.558 bits per heavy atom. The fourth-order valence-corrected chi connectivity index (χ4v) is 12.3. The van der Waals surface area contributed by atoms with Crippen LogP contribution in [0.3, 0.4) is 0 Å². The molecule has 0 bridgehead atoms. The van der Waals surface area contributed by atoms with Crippen LogP contribution in [0.1, 0.15) is 77.9 Å². The van der Waals surface area contributed by atoms with E-state index in [0.717, 1.165) is 102 Å². The van der Waals surface area contributed by atoms with Crippen LogP contribution in [0.4, 0.5) is 34.1 Å². The maximum Gasteiger partial charge on any atom is 0.0978 e. The van der Waals surface area contributed by atoms with Gasteiger partial charge < -0.3 is 0 Å². The van der Waals surface area contributed by atoms with Gasteiger partial charge in [0.25, 0.3) is 0 Å². The van der Waals surface area contributed by atoms with E-state index in [9.17, 15) is 0 Å². The quantitative estimate of drug-likeness (QED) is 0.149. The van der Waals surface area contributed by atoms with Gasteiger partial charge in [0.1, 0.15) is 0 Å². The smallest absolute Gasteiger partial charge is 0.0978 e. The molecule has 95 heavy (non-hydrogen) atoms. The maximum atomic E-state index is 5.22. The summed E-state index contributed by atoms with van der Waals surface area (Å²) in [6.07, 6.45) is 0. The first-order valence-electron chi connectivity index (χ1n) is 30.2. The van der Waals surface area contributed by atoms with Gasteiger partial charge in [-0.3, -0.25) is 0 Å². The number of hydrogen-bond acceptors (Lipinski definition) is 6. The molecule has 0 amide bonds. The fourth-order valence-electron chi connectivity index (χ4n) is 12.3. The van der Waals surface area contributed by atoms with Gasteiger partial charge in [-0.15, -0.1) is 0 Å². The van der Waals surface area contributed by atoms with E-state index >= 15 is 0 Å². The number of benzene rings is 12. The molecule has 15 heteroatoms. The van der Waals surface area contributed by atoms with E-state index in [0.29, 0.717) is 38.0 Å². The molecule has 12 aromatic rings. The molecule has 0 spiro atoms. The summed E-state index contributed by atoms with van der Waals surface area (Å²) in [5.74, 6) is 0. The van der Waals surface area contributed by atoms with E-state index in [2.05, 4.69) is 237 Å². The van der Waals surface area contributed by atoms with Crippen molar-refractivity contribution in [3.63, 3.8) is 0 Å². The molecule has 6 nitrogen and oxygen atoms in total. The second-order valence-electron chi connectivity index (χ2n) is 22.7. The van der Waals surface area contributed by atoms with Crippen LogP contribution in [0.5, 0.6) is 0 Å². The number of nitrogens with zero attached hydrogens (tertiary/aromatic N) is 6. The van der Waals surface area contributed by atoms with Gasteiger partial charge in [0.2, 0.25) is 0 Å². The monoisotopic (exact) mass is 1490 g/mol. The van der Waals surface area contributed by atoms with E-state index in [1.807, 2.05) is 60.7 Å². The van der Waals surface area contributed by atoms with Crippen molar-refractivity contribution < 1.29 is 38.0 Å². The normalized spacial score (nSPS) is 14.8.